The number of carbonyl (C=O) groups is 1. The van der Waals surface area contributed by atoms with Gasteiger partial charge in [0.15, 0.2) is 0 Å². The van der Waals surface area contributed by atoms with Crippen LogP contribution in [0.3, 0.4) is 0 Å². The van der Waals surface area contributed by atoms with Crippen molar-refractivity contribution in [2.24, 2.45) is 0 Å². The van der Waals surface area contributed by atoms with Gasteiger partial charge in [0.05, 0.1) is 19.8 Å². The highest BCUT2D eigenvalue weighted by atomic mass is 32.2. The fourth-order valence-electron chi connectivity index (χ4n) is 2.65. The van der Waals surface area contributed by atoms with Crippen LogP contribution in [0.5, 0.6) is 11.5 Å². The molecule has 124 valence electrons. The van der Waals surface area contributed by atoms with Gasteiger partial charge in [0.1, 0.15) is 11.5 Å². The summed E-state index contributed by atoms with van der Waals surface area (Å²) >= 11 is 1.77. The second-order valence-electron chi connectivity index (χ2n) is 5.34. The lowest BCUT2D eigenvalue weighted by Crippen LogP contribution is -2.15. The summed E-state index contributed by atoms with van der Waals surface area (Å²) in [4.78, 5) is 12.7. The predicted molar refractivity (Wildman–Crippen MR) is 98.0 cm³/mol. The maximum Gasteiger partial charge on any atom is 0.259 e. The SMILES string of the molecule is COc1ccc(C(=O)Nc2ccccc2C2CC=CS2)c(OC)c1. The van der Waals surface area contributed by atoms with Gasteiger partial charge in [-0.2, -0.15) is 0 Å². The highest BCUT2D eigenvalue weighted by Gasteiger charge is 2.19. The van der Waals surface area contributed by atoms with E-state index in [0.717, 1.165) is 17.7 Å². The van der Waals surface area contributed by atoms with E-state index in [1.54, 1.807) is 44.2 Å². The van der Waals surface area contributed by atoms with E-state index in [1.807, 2.05) is 18.2 Å². The van der Waals surface area contributed by atoms with Crippen LogP contribution in [0.25, 0.3) is 0 Å². The molecule has 0 saturated carbocycles. The summed E-state index contributed by atoms with van der Waals surface area (Å²) in [5, 5.41) is 5.47. The maximum atomic E-state index is 12.7. The molecule has 1 unspecified atom stereocenters. The molecule has 1 N–H and O–H groups in total. The molecule has 3 rings (SSSR count). The van der Waals surface area contributed by atoms with Gasteiger partial charge >= 0.3 is 0 Å². The molecule has 5 heteroatoms. The monoisotopic (exact) mass is 341 g/mol. The summed E-state index contributed by atoms with van der Waals surface area (Å²) in [7, 11) is 3.12. The highest BCUT2D eigenvalue weighted by molar-refractivity contribution is 8.02. The molecule has 0 aromatic heterocycles. The fourth-order valence-corrected chi connectivity index (χ4v) is 3.64. The average molecular weight is 341 g/mol. The Bertz CT molecular complexity index is 765. The van der Waals surface area contributed by atoms with Gasteiger partial charge in [-0.15, -0.1) is 11.8 Å². The number of rotatable bonds is 5. The summed E-state index contributed by atoms with van der Waals surface area (Å²) in [5.74, 6) is 0.941. The normalized spacial score (nSPS) is 16.0. The maximum absolute atomic E-state index is 12.7. The minimum absolute atomic E-state index is 0.196. The van der Waals surface area contributed by atoms with Crippen molar-refractivity contribution in [2.75, 3.05) is 19.5 Å². The first-order chi connectivity index (χ1) is 11.7. The van der Waals surface area contributed by atoms with Crippen molar-refractivity contribution in [3.8, 4) is 11.5 Å². The standard InChI is InChI=1S/C19H19NO3S/c1-22-13-9-10-15(17(12-13)23-2)19(21)20-16-7-4-3-6-14(16)18-8-5-11-24-18/h3-7,9-12,18H,8H2,1-2H3,(H,20,21). The van der Waals surface area contributed by atoms with Crippen LogP contribution in [-0.2, 0) is 0 Å². The third-order valence-corrected chi connectivity index (χ3v) is 5.02. The first-order valence-corrected chi connectivity index (χ1v) is 8.60. The second-order valence-corrected chi connectivity index (χ2v) is 6.45. The van der Waals surface area contributed by atoms with Gasteiger partial charge in [-0.25, -0.2) is 0 Å². The van der Waals surface area contributed by atoms with Crippen LogP contribution in [0.1, 0.15) is 27.6 Å². The molecule has 0 fully saturated rings. The first kappa shape index (κ1) is 16.5. The second kappa shape index (κ2) is 7.45. The number of para-hydroxylation sites is 1. The number of methoxy groups -OCH3 is 2. The number of hydrogen-bond acceptors (Lipinski definition) is 4. The molecule has 24 heavy (non-hydrogen) atoms. The van der Waals surface area contributed by atoms with Gasteiger partial charge in [-0.1, -0.05) is 24.3 Å². The summed E-state index contributed by atoms with van der Waals surface area (Å²) in [6.45, 7) is 0. The van der Waals surface area contributed by atoms with Crippen LogP contribution < -0.4 is 14.8 Å². The van der Waals surface area contributed by atoms with E-state index in [9.17, 15) is 4.79 Å². The molecule has 0 spiro atoms. The highest BCUT2D eigenvalue weighted by Crippen LogP contribution is 2.41. The van der Waals surface area contributed by atoms with Gasteiger partial charge in [0, 0.05) is 17.0 Å². The van der Waals surface area contributed by atoms with Gasteiger partial charge in [-0.3, -0.25) is 4.79 Å². The Morgan fingerprint density at radius 3 is 2.71 bits per heavy atom. The molecular formula is C19H19NO3S. The predicted octanol–water partition coefficient (Wildman–Crippen LogP) is 4.65. The van der Waals surface area contributed by atoms with Crippen LogP contribution in [0.15, 0.2) is 53.9 Å². The molecule has 2 aromatic carbocycles. The van der Waals surface area contributed by atoms with Crippen molar-refractivity contribution in [2.45, 2.75) is 11.7 Å². The molecule has 4 nitrogen and oxygen atoms in total. The third kappa shape index (κ3) is 3.41. The Morgan fingerprint density at radius 1 is 1.17 bits per heavy atom. The number of allylic oxidation sites excluding steroid dienone is 1. The molecule has 1 amide bonds. The molecule has 1 heterocycles. The molecule has 1 atom stereocenters. The summed E-state index contributed by atoms with van der Waals surface area (Å²) in [6, 6.07) is 13.1. The van der Waals surface area contributed by atoms with Crippen LogP contribution >= 0.6 is 11.8 Å². The van der Waals surface area contributed by atoms with Crippen LogP contribution in [0.2, 0.25) is 0 Å². The van der Waals surface area contributed by atoms with Crippen molar-refractivity contribution < 1.29 is 14.3 Å². The van der Waals surface area contributed by atoms with Gasteiger partial charge < -0.3 is 14.8 Å². The van der Waals surface area contributed by atoms with E-state index in [2.05, 4.69) is 22.9 Å². The van der Waals surface area contributed by atoms with Gasteiger partial charge in [0.2, 0.25) is 0 Å². The molecule has 1 aliphatic rings. The van der Waals surface area contributed by atoms with Crippen LogP contribution in [0, 0.1) is 0 Å². The van der Waals surface area contributed by atoms with E-state index in [1.165, 1.54) is 0 Å². The molecule has 0 radical (unpaired) electrons. The quantitative estimate of drug-likeness (QED) is 0.860. The number of ether oxygens (including phenoxy) is 2. The third-order valence-electron chi connectivity index (χ3n) is 3.90. The summed E-state index contributed by atoms with van der Waals surface area (Å²) in [5.41, 5.74) is 2.44. The zero-order valence-electron chi connectivity index (χ0n) is 13.6. The number of amides is 1. The molecule has 0 bridgehead atoms. The van der Waals surface area contributed by atoms with Gasteiger partial charge in [0.25, 0.3) is 5.91 Å². The Kier molecular flexibility index (Phi) is 5.11. The van der Waals surface area contributed by atoms with E-state index in [-0.39, 0.29) is 5.91 Å². The molecule has 1 aliphatic heterocycles. The van der Waals surface area contributed by atoms with E-state index < -0.39 is 0 Å². The summed E-state index contributed by atoms with van der Waals surface area (Å²) < 4.78 is 10.5. The van der Waals surface area contributed by atoms with Crippen LogP contribution in [0.4, 0.5) is 5.69 Å². The topological polar surface area (TPSA) is 47.6 Å². The van der Waals surface area contributed by atoms with Crippen molar-refractivity contribution in [3.63, 3.8) is 0 Å². The minimum Gasteiger partial charge on any atom is -0.497 e. The molecule has 0 saturated heterocycles. The van der Waals surface area contributed by atoms with Gasteiger partial charge in [-0.05, 0) is 35.6 Å². The Hall–Kier alpha value is -2.40. The lowest BCUT2D eigenvalue weighted by Gasteiger charge is -2.16. The lowest BCUT2D eigenvalue weighted by atomic mass is 10.1. The minimum atomic E-state index is -0.196. The van der Waals surface area contributed by atoms with E-state index in [0.29, 0.717) is 22.3 Å². The number of hydrogen-bond donors (Lipinski definition) is 1. The smallest absolute Gasteiger partial charge is 0.259 e. The van der Waals surface area contributed by atoms with E-state index >= 15 is 0 Å². The number of thioether (sulfide) groups is 1. The van der Waals surface area contributed by atoms with Crippen molar-refractivity contribution >= 4 is 23.4 Å². The Labute approximate surface area is 145 Å². The molecule has 0 aliphatic carbocycles. The van der Waals surface area contributed by atoms with Crippen molar-refractivity contribution in [3.05, 3.63) is 65.1 Å². The lowest BCUT2D eigenvalue weighted by molar-refractivity contribution is 0.102. The average Bonchev–Trinajstić information content (AvgIpc) is 3.16. The zero-order chi connectivity index (χ0) is 16.9. The Morgan fingerprint density at radius 2 is 2.00 bits per heavy atom. The first-order valence-electron chi connectivity index (χ1n) is 7.65. The number of carbonyl (C=O) groups excluding carboxylic acids is 1. The Balaban J connectivity index is 1.85. The van der Waals surface area contributed by atoms with Crippen molar-refractivity contribution in [1.82, 2.24) is 0 Å². The van der Waals surface area contributed by atoms with E-state index in [4.69, 9.17) is 9.47 Å². The van der Waals surface area contributed by atoms with Crippen LogP contribution in [-0.4, -0.2) is 20.1 Å². The number of nitrogens with one attached hydrogen (secondary N) is 1. The largest absolute Gasteiger partial charge is 0.497 e. The summed E-state index contributed by atoms with van der Waals surface area (Å²) in [6.07, 6.45) is 3.13. The zero-order valence-corrected chi connectivity index (χ0v) is 14.4. The number of benzene rings is 2. The number of anilines is 1. The fraction of sp³-hybridized carbons (Fsp3) is 0.211. The molecular weight excluding hydrogens is 322 g/mol. The van der Waals surface area contributed by atoms with Crippen molar-refractivity contribution in [1.29, 1.82) is 0 Å². The molecule has 2 aromatic rings.